The summed E-state index contributed by atoms with van der Waals surface area (Å²) in [6, 6.07) is 5.21. The normalized spacial score (nSPS) is 11.0. The average molecular weight is 342 g/mol. The number of hydrogen-bond acceptors (Lipinski definition) is 3. The highest BCUT2D eigenvalue weighted by Crippen LogP contribution is 2.33. The van der Waals surface area contributed by atoms with Crippen molar-refractivity contribution in [3.8, 4) is 11.5 Å². The maximum absolute atomic E-state index is 6.07. The Hall–Kier alpha value is -1.23. The Morgan fingerprint density at radius 3 is 2.36 bits per heavy atom. The number of rotatable bonds is 7. The van der Waals surface area contributed by atoms with Crippen LogP contribution in [-0.2, 0) is 19.4 Å². The molecular weight excluding hydrogens is 321 g/mol. The lowest BCUT2D eigenvalue weighted by Crippen LogP contribution is -2.17. The number of halogens is 2. The molecule has 120 valence electrons. The Kier molecular flexibility index (Phi) is 6.12. The van der Waals surface area contributed by atoms with Gasteiger partial charge in [0.25, 0.3) is 0 Å². The quantitative estimate of drug-likeness (QED) is 0.814. The van der Waals surface area contributed by atoms with Crippen LogP contribution in [0.3, 0.4) is 0 Å². The molecule has 0 aliphatic heterocycles. The summed E-state index contributed by atoms with van der Waals surface area (Å²) in [5.41, 5.74) is 2.03. The molecule has 0 unspecified atom stereocenters. The van der Waals surface area contributed by atoms with Gasteiger partial charge in [-0.2, -0.15) is 5.10 Å². The third kappa shape index (κ3) is 3.94. The average Bonchev–Trinajstić information content (AvgIpc) is 2.80. The van der Waals surface area contributed by atoms with Crippen LogP contribution in [0.2, 0.25) is 10.0 Å². The third-order valence-corrected chi connectivity index (χ3v) is 3.81. The molecule has 6 heteroatoms. The summed E-state index contributed by atoms with van der Waals surface area (Å²) in [6.45, 7) is 5.85. The molecule has 0 aliphatic rings. The van der Waals surface area contributed by atoms with Crippen LogP contribution >= 0.6 is 23.2 Å². The van der Waals surface area contributed by atoms with E-state index in [9.17, 15) is 0 Å². The lowest BCUT2D eigenvalue weighted by Gasteiger charge is -2.10. The lowest BCUT2D eigenvalue weighted by molar-refractivity contribution is 0.467. The highest BCUT2D eigenvalue weighted by atomic mass is 35.5. The Balaban J connectivity index is 2.37. The third-order valence-electron chi connectivity index (χ3n) is 3.38. The zero-order chi connectivity index (χ0) is 16.1. The molecule has 2 rings (SSSR count). The van der Waals surface area contributed by atoms with E-state index in [4.69, 9.17) is 27.9 Å². The van der Waals surface area contributed by atoms with Gasteiger partial charge in [-0.3, -0.25) is 4.68 Å². The molecule has 0 bridgehead atoms. The van der Waals surface area contributed by atoms with Crippen LogP contribution in [0.4, 0.5) is 0 Å². The maximum Gasteiger partial charge on any atom is 0.171 e. The SMILES string of the molecule is CCc1nn(CCNC)c(CC)c1Oc1cc(Cl)cc(Cl)c1. The van der Waals surface area contributed by atoms with Gasteiger partial charge in [0.15, 0.2) is 5.75 Å². The second-order valence-corrected chi connectivity index (χ2v) is 5.84. The second kappa shape index (κ2) is 7.86. The summed E-state index contributed by atoms with van der Waals surface area (Å²) in [6.07, 6.45) is 1.66. The second-order valence-electron chi connectivity index (χ2n) is 4.96. The van der Waals surface area contributed by atoms with E-state index >= 15 is 0 Å². The van der Waals surface area contributed by atoms with Crippen LogP contribution in [0.5, 0.6) is 11.5 Å². The van der Waals surface area contributed by atoms with E-state index in [0.29, 0.717) is 15.8 Å². The van der Waals surface area contributed by atoms with Crippen molar-refractivity contribution in [2.75, 3.05) is 13.6 Å². The van der Waals surface area contributed by atoms with Gasteiger partial charge in [-0.25, -0.2) is 0 Å². The minimum Gasteiger partial charge on any atom is -0.453 e. The molecule has 4 nitrogen and oxygen atoms in total. The fourth-order valence-corrected chi connectivity index (χ4v) is 2.84. The highest BCUT2D eigenvalue weighted by Gasteiger charge is 2.18. The molecule has 1 heterocycles. The molecule has 0 amide bonds. The standard InChI is InChI=1S/C16H21Cl2N3O/c1-4-14-16(15(5-2)21(20-14)7-6-19-3)22-13-9-11(17)8-12(18)10-13/h8-10,19H,4-7H2,1-3H3. The van der Waals surface area contributed by atoms with Crippen LogP contribution in [-0.4, -0.2) is 23.4 Å². The molecule has 0 saturated heterocycles. The Morgan fingerprint density at radius 2 is 1.82 bits per heavy atom. The number of ether oxygens (including phenoxy) is 1. The van der Waals surface area contributed by atoms with E-state index in [2.05, 4.69) is 24.3 Å². The van der Waals surface area contributed by atoms with Gasteiger partial charge >= 0.3 is 0 Å². The first-order chi connectivity index (χ1) is 10.6. The molecule has 1 N–H and O–H groups in total. The van der Waals surface area contributed by atoms with Crippen molar-refractivity contribution in [1.29, 1.82) is 0 Å². The lowest BCUT2D eigenvalue weighted by atomic mass is 10.2. The number of nitrogens with one attached hydrogen (secondary N) is 1. The zero-order valence-corrected chi connectivity index (χ0v) is 14.6. The number of nitrogens with zero attached hydrogens (tertiary/aromatic N) is 2. The summed E-state index contributed by atoms with van der Waals surface area (Å²) >= 11 is 12.1. The molecule has 1 aromatic carbocycles. The number of hydrogen-bond donors (Lipinski definition) is 1. The van der Waals surface area contributed by atoms with Crippen LogP contribution < -0.4 is 10.1 Å². The molecule has 0 atom stereocenters. The number of likely N-dealkylation sites (N-methyl/N-ethyl adjacent to an activating group) is 1. The first kappa shape index (κ1) is 17.1. The van der Waals surface area contributed by atoms with Crippen molar-refractivity contribution in [3.63, 3.8) is 0 Å². The van der Waals surface area contributed by atoms with Gasteiger partial charge in [-0.15, -0.1) is 0 Å². The number of benzene rings is 1. The van der Waals surface area contributed by atoms with E-state index in [0.717, 1.165) is 43.1 Å². The first-order valence-electron chi connectivity index (χ1n) is 7.46. The summed E-state index contributed by atoms with van der Waals surface area (Å²) in [5.74, 6) is 1.45. The molecule has 1 aromatic heterocycles. The summed E-state index contributed by atoms with van der Waals surface area (Å²) in [5, 5.41) is 8.92. The van der Waals surface area contributed by atoms with E-state index in [1.807, 2.05) is 11.7 Å². The van der Waals surface area contributed by atoms with Crippen LogP contribution in [0.15, 0.2) is 18.2 Å². The van der Waals surface area contributed by atoms with E-state index in [1.54, 1.807) is 18.2 Å². The number of aryl methyl sites for hydroxylation is 1. The van der Waals surface area contributed by atoms with Crippen molar-refractivity contribution in [2.45, 2.75) is 33.2 Å². The smallest absolute Gasteiger partial charge is 0.171 e. The molecule has 0 fully saturated rings. The Morgan fingerprint density at radius 1 is 1.14 bits per heavy atom. The zero-order valence-electron chi connectivity index (χ0n) is 13.1. The summed E-state index contributed by atoms with van der Waals surface area (Å²) < 4.78 is 8.08. The summed E-state index contributed by atoms with van der Waals surface area (Å²) in [4.78, 5) is 0. The van der Waals surface area contributed by atoms with Crippen molar-refractivity contribution >= 4 is 23.2 Å². The van der Waals surface area contributed by atoms with Crippen molar-refractivity contribution in [2.24, 2.45) is 0 Å². The van der Waals surface area contributed by atoms with Gasteiger partial charge in [-0.05, 0) is 38.1 Å². The fourth-order valence-electron chi connectivity index (χ4n) is 2.34. The Labute approximate surface area is 141 Å². The molecule has 0 saturated carbocycles. The van der Waals surface area contributed by atoms with Crippen molar-refractivity contribution in [3.05, 3.63) is 39.6 Å². The van der Waals surface area contributed by atoms with Crippen molar-refractivity contribution in [1.82, 2.24) is 15.1 Å². The van der Waals surface area contributed by atoms with Gasteiger partial charge in [0, 0.05) is 16.6 Å². The van der Waals surface area contributed by atoms with Gasteiger partial charge in [-0.1, -0.05) is 37.0 Å². The molecule has 0 radical (unpaired) electrons. The van der Waals surface area contributed by atoms with Crippen LogP contribution in [0.1, 0.15) is 25.2 Å². The van der Waals surface area contributed by atoms with Gasteiger partial charge < -0.3 is 10.1 Å². The minimum atomic E-state index is 0.557. The minimum absolute atomic E-state index is 0.557. The molecule has 0 spiro atoms. The fraction of sp³-hybridized carbons (Fsp3) is 0.438. The largest absolute Gasteiger partial charge is 0.453 e. The van der Waals surface area contributed by atoms with Crippen LogP contribution in [0, 0.1) is 0 Å². The predicted molar refractivity (Wildman–Crippen MR) is 91.4 cm³/mol. The highest BCUT2D eigenvalue weighted by molar-refractivity contribution is 6.34. The van der Waals surface area contributed by atoms with Gasteiger partial charge in [0.2, 0.25) is 0 Å². The molecule has 0 aliphatic carbocycles. The van der Waals surface area contributed by atoms with E-state index in [-0.39, 0.29) is 0 Å². The predicted octanol–water partition coefficient (Wildman–Crippen LogP) is 4.33. The maximum atomic E-state index is 6.07. The van der Waals surface area contributed by atoms with Crippen LogP contribution in [0.25, 0.3) is 0 Å². The molecule has 22 heavy (non-hydrogen) atoms. The topological polar surface area (TPSA) is 39.1 Å². The first-order valence-corrected chi connectivity index (χ1v) is 8.21. The van der Waals surface area contributed by atoms with E-state index < -0.39 is 0 Å². The van der Waals surface area contributed by atoms with Gasteiger partial charge in [0.05, 0.1) is 12.2 Å². The Bertz CT molecular complexity index is 620. The summed E-state index contributed by atoms with van der Waals surface area (Å²) in [7, 11) is 1.93. The molecular formula is C16H21Cl2N3O. The van der Waals surface area contributed by atoms with Gasteiger partial charge in [0.1, 0.15) is 11.4 Å². The molecule has 2 aromatic rings. The van der Waals surface area contributed by atoms with E-state index in [1.165, 1.54) is 0 Å². The number of aromatic nitrogens is 2. The van der Waals surface area contributed by atoms with Crippen molar-refractivity contribution < 1.29 is 4.74 Å². The monoisotopic (exact) mass is 341 g/mol.